The van der Waals surface area contributed by atoms with Crippen molar-refractivity contribution in [3.8, 4) is 0 Å². The van der Waals surface area contributed by atoms with Gasteiger partial charge in [-0.1, -0.05) is 30.9 Å². The molecule has 0 aliphatic carbocycles. The molecule has 1 atom stereocenters. The van der Waals surface area contributed by atoms with Crippen molar-refractivity contribution >= 4 is 62.5 Å². The Morgan fingerprint density at radius 3 is 2.56 bits per heavy atom. The second kappa shape index (κ2) is 5.01. The summed E-state index contributed by atoms with van der Waals surface area (Å²) in [6.45, 7) is 2.01. The van der Waals surface area contributed by atoms with Crippen molar-refractivity contribution in [1.29, 1.82) is 0 Å². The van der Waals surface area contributed by atoms with Crippen LogP contribution in [0.15, 0.2) is 24.3 Å². The van der Waals surface area contributed by atoms with E-state index in [1.165, 1.54) is 11.8 Å². The van der Waals surface area contributed by atoms with Crippen LogP contribution in [0, 0.1) is 3.57 Å². The Hall–Kier alpha value is -0.140. The Labute approximate surface area is 118 Å². The maximum absolute atomic E-state index is 12.0. The van der Waals surface area contributed by atoms with E-state index in [-0.39, 0.29) is 11.2 Å². The van der Waals surface area contributed by atoms with Gasteiger partial charge in [0, 0.05) is 3.57 Å². The van der Waals surface area contributed by atoms with Crippen LogP contribution < -0.4 is 4.90 Å². The van der Waals surface area contributed by atoms with Gasteiger partial charge in [0.25, 0.3) is 0 Å². The fraction of sp³-hybridized carbons (Fsp3) is 0.273. The van der Waals surface area contributed by atoms with Crippen molar-refractivity contribution in [2.24, 2.45) is 0 Å². The highest BCUT2D eigenvalue weighted by molar-refractivity contribution is 14.1. The first-order valence-electron chi connectivity index (χ1n) is 4.93. The first kappa shape index (κ1) is 12.3. The number of hydrogen-bond donors (Lipinski definition) is 0. The molecule has 0 saturated carbocycles. The van der Waals surface area contributed by atoms with Crippen LogP contribution in [0.3, 0.4) is 0 Å². The van der Waals surface area contributed by atoms with Crippen molar-refractivity contribution < 1.29 is 4.79 Å². The minimum atomic E-state index is -0.00761. The molecule has 0 bridgehead atoms. The summed E-state index contributed by atoms with van der Waals surface area (Å²) >= 11 is 8.97. The largest absolute Gasteiger partial charge is 0.273 e. The Bertz CT molecular complexity index is 432. The number of benzene rings is 1. The van der Waals surface area contributed by atoms with E-state index in [2.05, 4.69) is 22.6 Å². The second-order valence-electron chi connectivity index (χ2n) is 3.43. The highest BCUT2D eigenvalue weighted by atomic mass is 127. The van der Waals surface area contributed by atoms with E-state index in [0.717, 1.165) is 15.7 Å². The summed E-state index contributed by atoms with van der Waals surface area (Å²) in [4.78, 5) is 13.7. The zero-order chi connectivity index (χ0) is 11.7. The molecule has 1 aliphatic rings. The fourth-order valence-electron chi connectivity index (χ4n) is 1.54. The fourth-order valence-corrected chi connectivity index (χ4v) is 3.36. The molecule has 1 unspecified atom stereocenters. The Morgan fingerprint density at radius 1 is 1.44 bits per heavy atom. The summed E-state index contributed by atoms with van der Waals surface area (Å²) in [5.74, 6) is 0.110. The van der Waals surface area contributed by atoms with Gasteiger partial charge in [0.1, 0.15) is 4.32 Å². The van der Waals surface area contributed by atoms with Gasteiger partial charge in [-0.25, -0.2) is 0 Å². The van der Waals surface area contributed by atoms with E-state index in [1.54, 1.807) is 4.90 Å². The van der Waals surface area contributed by atoms with Gasteiger partial charge in [0.2, 0.25) is 5.91 Å². The molecule has 2 rings (SSSR count). The number of amides is 1. The molecule has 1 saturated heterocycles. The zero-order valence-electron chi connectivity index (χ0n) is 8.64. The normalized spacial score (nSPS) is 20.6. The molecule has 1 aliphatic heterocycles. The van der Waals surface area contributed by atoms with Gasteiger partial charge in [0.15, 0.2) is 0 Å². The Balaban J connectivity index is 2.31. The van der Waals surface area contributed by atoms with Crippen molar-refractivity contribution in [1.82, 2.24) is 0 Å². The van der Waals surface area contributed by atoms with Crippen molar-refractivity contribution in [3.05, 3.63) is 27.8 Å². The van der Waals surface area contributed by atoms with Gasteiger partial charge in [-0.3, -0.25) is 9.69 Å². The van der Waals surface area contributed by atoms with Crippen molar-refractivity contribution in [3.63, 3.8) is 0 Å². The predicted molar refractivity (Wildman–Crippen MR) is 80.9 cm³/mol. The maximum atomic E-state index is 12.0. The molecule has 1 aromatic carbocycles. The summed E-state index contributed by atoms with van der Waals surface area (Å²) < 4.78 is 1.82. The molecule has 84 valence electrons. The molecule has 1 heterocycles. The number of hydrogen-bond acceptors (Lipinski definition) is 3. The van der Waals surface area contributed by atoms with Crippen LogP contribution in [0.5, 0.6) is 0 Å². The molecule has 0 spiro atoms. The first-order valence-corrected chi connectivity index (χ1v) is 7.30. The summed E-state index contributed by atoms with van der Waals surface area (Å²) in [7, 11) is 0. The van der Waals surface area contributed by atoms with E-state index in [0.29, 0.717) is 4.32 Å². The van der Waals surface area contributed by atoms with Gasteiger partial charge in [0.05, 0.1) is 10.9 Å². The molecule has 0 N–H and O–H groups in total. The highest BCUT2D eigenvalue weighted by Gasteiger charge is 2.36. The van der Waals surface area contributed by atoms with Gasteiger partial charge < -0.3 is 0 Å². The van der Waals surface area contributed by atoms with E-state index < -0.39 is 0 Å². The molecule has 0 aromatic heterocycles. The first-order chi connectivity index (χ1) is 7.63. The van der Waals surface area contributed by atoms with E-state index in [9.17, 15) is 4.79 Å². The molecule has 5 heteroatoms. The molecule has 1 amide bonds. The standard InChI is InChI=1S/C11H10INOS2/c1-2-9-10(14)13(11(15)16-9)8-5-3-7(12)4-6-8/h3-6,9H,2H2,1H3. The SMILES string of the molecule is CCC1SC(=S)N(c2ccc(I)cc2)C1=O. The molecule has 16 heavy (non-hydrogen) atoms. The lowest BCUT2D eigenvalue weighted by Gasteiger charge is -2.15. The number of halogens is 1. The number of carbonyl (C=O) groups excluding carboxylic acids is 1. The number of rotatable bonds is 2. The summed E-state index contributed by atoms with van der Waals surface area (Å²) in [6.07, 6.45) is 0.824. The van der Waals surface area contributed by atoms with Gasteiger partial charge >= 0.3 is 0 Å². The van der Waals surface area contributed by atoms with E-state index >= 15 is 0 Å². The van der Waals surface area contributed by atoms with Gasteiger partial charge in [-0.2, -0.15) is 0 Å². The van der Waals surface area contributed by atoms with Crippen LogP contribution in [-0.4, -0.2) is 15.5 Å². The van der Waals surface area contributed by atoms with E-state index in [1.807, 2.05) is 31.2 Å². The van der Waals surface area contributed by atoms with E-state index in [4.69, 9.17) is 12.2 Å². The highest BCUT2D eigenvalue weighted by Crippen LogP contribution is 2.33. The third-order valence-corrected chi connectivity index (χ3v) is 4.77. The molecular formula is C11H10INOS2. The van der Waals surface area contributed by atoms with Gasteiger partial charge in [-0.15, -0.1) is 0 Å². The molecule has 1 fully saturated rings. The summed E-state index contributed by atoms with van der Waals surface area (Å²) in [5.41, 5.74) is 0.874. The van der Waals surface area contributed by atoms with Crippen LogP contribution in [0.2, 0.25) is 0 Å². The lowest BCUT2D eigenvalue weighted by molar-refractivity contribution is -0.116. The van der Waals surface area contributed by atoms with Crippen LogP contribution in [0.1, 0.15) is 13.3 Å². The lowest BCUT2D eigenvalue weighted by Crippen LogP contribution is -2.30. The second-order valence-corrected chi connectivity index (χ2v) is 6.51. The molecule has 1 aromatic rings. The minimum Gasteiger partial charge on any atom is -0.273 e. The van der Waals surface area contributed by atoms with Crippen molar-refractivity contribution in [2.75, 3.05) is 4.90 Å². The van der Waals surface area contributed by atoms with Crippen LogP contribution in [-0.2, 0) is 4.79 Å². The quantitative estimate of drug-likeness (QED) is 0.593. The smallest absolute Gasteiger partial charge is 0.246 e. The Morgan fingerprint density at radius 2 is 2.06 bits per heavy atom. The van der Waals surface area contributed by atoms with Crippen LogP contribution in [0.4, 0.5) is 5.69 Å². The summed E-state index contributed by atoms with van der Waals surface area (Å²) in [5, 5.41) is -0.00761. The summed E-state index contributed by atoms with van der Waals surface area (Å²) in [6, 6.07) is 7.83. The van der Waals surface area contributed by atoms with Crippen molar-refractivity contribution in [2.45, 2.75) is 18.6 Å². The maximum Gasteiger partial charge on any atom is 0.246 e. The monoisotopic (exact) mass is 363 g/mol. The molecular weight excluding hydrogens is 353 g/mol. The van der Waals surface area contributed by atoms with Crippen LogP contribution in [0.25, 0.3) is 0 Å². The number of nitrogens with zero attached hydrogens (tertiary/aromatic N) is 1. The third kappa shape index (κ3) is 2.26. The molecule has 2 nitrogen and oxygen atoms in total. The number of thioether (sulfide) groups is 1. The lowest BCUT2D eigenvalue weighted by atomic mass is 10.2. The molecule has 0 radical (unpaired) electrons. The third-order valence-electron chi connectivity index (χ3n) is 2.38. The number of thiocarbonyl (C=S) groups is 1. The average molecular weight is 363 g/mol. The Kier molecular flexibility index (Phi) is 3.86. The predicted octanol–water partition coefficient (Wildman–Crippen LogP) is 3.43. The number of anilines is 1. The minimum absolute atomic E-state index is 0.00761. The van der Waals surface area contributed by atoms with Gasteiger partial charge in [-0.05, 0) is 53.3 Å². The average Bonchev–Trinajstić information content (AvgIpc) is 2.56. The topological polar surface area (TPSA) is 20.3 Å². The number of carbonyl (C=O) groups is 1. The zero-order valence-corrected chi connectivity index (χ0v) is 12.4. The van der Waals surface area contributed by atoms with Crippen LogP contribution >= 0.6 is 46.6 Å².